The van der Waals surface area contributed by atoms with Gasteiger partial charge in [-0.1, -0.05) is 49.6 Å². The largest absolute Gasteiger partial charge is 0.466 e. The summed E-state index contributed by atoms with van der Waals surface area (Å²) >= 11 is 0. The van der Waals surface area contributed by atoms with E-state index in [1.807, 2.05) is 31.2 Å². The van der Waals surface area contributed by atoms with E-state index in [1.54, 1.807) is 0 Å². The molecule has 0 bridgehead atoms. The number of hydrogen-bond acceptors (Lipinski definition) is 4. The maximum absolute atomic E-state index is 11.6. The molecule has 0 amide bonds. The lowest BCUT2D eigenvalue weighted by Crippen LogP contribution is -2.08. The molecule has 0 radical (unpaired) electrons. The van der Waals surface area contributed by atoms with Crippen molar-refractivity contribution in [2.45, 2.75) is 59.0 Å². The van der Waals surface area contributed by atoms with Crippen LogP contribution in [0.25, 0.3) is 0 Å². The van der Waals surface area contributed by atoms with Gasteiger partial charge in [-0.2, -0.15) is 0 Å². The van der Waals surface area contributed by atoms with Gasteiger partial charge in [-0.05, 0) is 25.3 Å². The highest BCUT2D eigenvalue weighted by Crippen LogP contribution is 2.07. The van der Waals surface area contributed by atoms with Crippen molar-refractivity contribution in [3.05, 3.63) is 35.4 Å². The molecular weight excluding hydrogens is 280 g/mol. The van der Waals surface area contributed by atoms with Gasteiger partial charge in [-0.3, -0.25) is 9.59 Å². The van der Waals surface area contributed by atoms with E-state index in [0.717, 1.165) is 24.8 Å². The Balaban J connectivity index is 2.08. The number of benzene rings is 1. The molecule has 0 aliphatic rings. The SMILES string of the molecule is CCCCCOC(=O)CCCC(=O)OCc1ccc(C)cc1. The van der Waals surface area contributed by atoms with Gasteiger partial charge in [-0.25, -0.2) is 0 Å². The molecule has 0 atom stereocenters. The van der Waals surface area contributed by atoms with Gasteiger partial charge < -0.3 is 9.47 Å². The predicted octanol–water partition coefficient (Wildman–Crippen LogP) is 3.94. The summed E-state index contributed by atoms with van der Waals surface area (Å²) in [5, 5.41) is 0. The van der Waals surface area contributed by atoms with E-state index in [9.17, 15) is 9.59 Å². The van der Waals surface area contributed by atoms with Crippen LogP contribution in [0.5, 0.6) is 0 Å². The molecule has 0 heterocycles. The third-order valence-corrected chi connectivity index (χ3v) is 3.29. The Bertz CT molecular complexity index is 451. The van der Waals surface area contributed by atoms with Gasteiger partial charge >= 0.3 is 11.9 Å². The molecule has 0 saturated carbocycles. The number of carbonyl (C=O) groups excluding carboxylic acids is 2. The number of unbranched alkanes of at least 4 members (excludes halogenated alkanes) is 2. The van der Waals surface area contributed by atoms with E-state index in [2.05, 4.69) is 6.92 Å². The number of carbonyl (C=O) groups is 2. The maximum atomic E-state index is 11.6. The molecule has 22 heavy (non-hydrogen) atoms. The first-order valence-electron chi connectivity index (χ1n) is 7.98. The average molecular weight is 306 g/mol. The lowest BCUT2D eigenvalue weighted by molar-refractivity contribution is -0.146. The van der Waals surface area contributed by atoms with E-state index in [0.29, 0.717) is 13.0 Å². The van der Waals surface area contributed by atoms with Crippen molar-refractivity contribution in [3.63, 3.8) is 0 Å². The lowest BCUT2D eigenvalue weighted by Gasteiger charge is -2.06. The smallest absolute Gasteiger partial charge is 0.306 e. The van der Waals surface area contributed by atoms with Crippen molar-refractivity contribution in [1.29, 1.82) is 0 Å². The molecule has 0 saturated heterocycles. The Morgan fingerprint density at radius 2 is 1.55 bits per heavy atom. The summed E-state index contributed by atoms with van der Waals surface area (Å²) in [6.45, 7) is 4.87. The minimum Gasteiger partial charge on any atom is -0.466 e. The number of aryl methyl sites for hydroxylation is 1. The molecule has 1 aromatic carbocycles. The van der Waals surface area contributed by atoms with Gasteiger partial charge in [0.2, 0.25) is 0 Å². The van der Waals surface area contributed by atoms with Crippen molar-refractivity contribution in [3.8, 4) is 0 Å². The Labute approximate surface area is 132 Å². The van der Waals surface area contributed by atoms with Crippen LogP contribution in [0.3, 0.4) is 0 Å². The van der Waals surface area contributed by atoms with Crippen LogP contribution in [0, 0.1) is 6.92 Å². The summed E-state index contributed by atoms with van der Waals surface area (Å²) in [5.41, 5.74) is 2.14. The zero-order chi connectivity index (χ0) is 16.2. The van der Waals surface area contributed by atoms with E-state index in [4.69, 9.17) is 9.47 Å². The lowest BCUT2D eigenvalue weighted by atomic mass is 10.2. The van der Waals surface area contributed by atoms with Crippen molar-refractivity contribution in [2.75, 3.05) is 6.61 Å². The molecule has 0 aliphatic heterocycles. The second kappa shape index (κ2) is 10.8. The monoisotopic (exact) mass is 306 g/mol. The van der Waals surface area contributed by atoms with Gasteiger partial charge in [0.05, 0.1) is 6.61 Å². The third kappa shape index (κ3) is 8.45. The molecule has 122 valence electrons. The Kier molecular flexibility index (Phi) is 8.96. The molecule has 4 heteroatoms. The van der Waals surface area contributed by atoms with Crippen molar-refractivity contribution < 1.29 is 19.1 Å². The second-order valence-electron chi connectivity index (χ2n) is 5.43. The first kappa shape index (κ1) is 18.2. The van der Waals surface area contributed by atoms with Crippen LogP contribution >= 0.6 is 0 Å². The van der Waals surface area contributed by atoms with Crippen LogP contribution < -0.4 is 0 Å². The first-order valence-corrected chi connectivity index (χ1v) is 7.98. The number of ether oxygens (including phenoxy) is 2. The van der Waals surface area contributed by atoms with Gasteiger partial charge in [0.1, 0.15) is 6.61 Å². The fourth-order valence-electron chi connectivity index (χ4n) is 1.91. The highest BCUT2D eigenvalue weighted by atomic mass is 16.5. The Morgan fingerprint density at radius 3 is 2.18 bits per heavy atom. The fourth-order valence-corrected chi connectivity index (χ4v) is 1.91. The molecule has 0 spiro atoms. The van der Waals surface area contributed by atoms with Gasteiger partial charge in [0.25, 0.3) is 0 Å². The normalized spacial score (nSPS) is 10.3. The zero-order valence-electron chi connectivity index (χ0n) is 13.6. The standard InChI is InChI=1S/C18H26O4/c1-3-4-5-13-21-17(19)7-6-8-18(20)22-14-16-11-9-15(2)10-12-16/h9-12H,3-8,13-14H2,1-2H3. The highest BCUT2D eigenvalue weighted by molar-refractivity contribution is 5.72. The van der Waals surface area contributed by atoms with Gasteiger partial charge in [0.15, 0.2) is 0 Å². The van der Waals surface area contributed by atoms with Crippen LogP contribution in [0.4, 0.5) is 0 Å². The predicted molar refractivity (Wildman–Crippen MR) is 85.3 cm³/mol. The van der Waals surface area contributed by atoms with Gasteiger partial charge in [-0.15, -0.1) is 0 Å². The Hall–Kier alpha value is -1.84. The van der Waals surface area contributed by atoms with Crippen LogP contribution in [0.15, 0.2) is 24.3 Å². The van der Waals surface area contributed by atoms with E-state index in [-0.39, 0.29) is 31.4 Å². The highest BCUT2D eigenvalue weighted by Gasteiger charge is 2.07. The van der Waals surface area contributed by atoms with Gasteiger partial charge in [0, 0.05) is 12.8 Å². The third-order valence-electron chi connectivity index (χ3n) is 3.29. The molecule has 4 nitrogen and oxygen atoms in total. The zero-order valence-corrected chi connectivity index (χ0v) is 13.6. The molecule has 1 aromatic rings. The van der Waals surface area contributed by atoms with Crippen LogP contribution in [-0.2, 0) is 25.7 Å². The molecule has 0 aromatic heterocycles. The first-order chi connectivity index (χ1) is 10.6. The van der Waals surface area contributed by atoms with Crippen molar-refractivity contribution >= 4 is 11.9 Å². The second-order valence-corrected chi connectivity index (χ2v) is 5.43. The van der Waals surface area contributed by atoms with E-state index < -0.39 is 0 Å². The van der Waals surface area contributed by atoms with Crippen molar-refractivity contribution in [2.24, 2.45) is 0 Å². The molecular formula is C18H26O4. The summed E-state index contributed by atoms with van der Waals surface area (Å²) in [4.78, 5) is 23.0. The molecule has 1 rings (SSSR count). The van der Waals surface area contributed by atoms with Crippen LogP contribution in [-0.4, -0.2) is 18.5 Å². The molecule has 0 unspecified atom stereocenters. The van der Waals surface area contributed by atoms with Crippen molar-refractivity contribution in [1.82, 2.24) is 0 Å². The minimum atomic E-state index is -0.278. The summed E-state index contributed by atoms with van der Waals surface area (Å²) in [6, 6.07) is 7.85. The summed E-state index contributed by atoms with van der Waals surface area (Å²) in [6.07, 6.45) is 4.06. The molecule has 0 aliphatic carbocycles. The maximum Gasteiger partial charge on any atom is 0.306 e. The average Bonchev–Trinajstić information content (AvgIpc) is 2.51. The number of hydrogen-bond donors (Lipinski definition) is 0. The summed E-state index contributed by atoms with van der Waals surface area (Å²) < 4.78 is 10.2. The quantitative estimate of drug-likeness (QED) is 0.485. The van der Waals surface area contributed by atoms with E-state index >= 15 is 0 Å². The Morgan fingerprint density at radius 1 is 0.909 bits per heavy atom. The molecule has 0 N–H and O–H groups in total. The van der Waals surface area contributed by atoms with Crippen LogP contribution in [0.2, 0.25) is 0 Å². The fraction of sp³-hybridized carbons (Fsp3) is 0.556. The molecule has 0 fully saturated rings. The minimum absolute atomic E-state index is 0.234. The summed E-state index contributed by atoms with van der Waals surface area (Å²) in [5.74, 6) is -0.512. The topological polar surface area (TPSA) is 52.6 Å². The number of esters is 2. The van der Waals surface area contributed by atoms with E-state index in [1.165, 1.54) is 5.56 Å². The summed E-state index contributed by atoms with van der Waals surface area (Å²) in [7, 11) is 0. The number of rotatable bonds is 10. The van der Waals surface area contributed by atoms with Crippen LogP contribution in [0.1, 0.15) is 56.6 Å².